The predicted octanol–water partition coefficient (Wildman–Crippen LogP) is 3.75. The van der Waals surface area contributed by atoms with E-state index >= 15 is 0 Å². The number of hydrogen-bond donors (Lipinski definition) is 3. The van der Waals surface area contributed by atoms with Crippen LogP contribution in [0, 0.1) is 12.8 Å². The van der Waals surface area contributed by atoms with Crippen molar-refractivity contribution in [1.82, 2.24) is 15.0 Å². The van der Waals surface area contributed by atoms with Crippen molar-refractivity contribution in [2.24, 2.45) is 5.92 Å². The molecule has 2 aromatic heterocycles. The molecule has 11 nitrogen and oxygen atoms in total. The average molecular weight is 547 g/mol. The van der Waals surface area contributed by atoms with Crippen LogP contribution < -0.4 is 25.8 Å². The van der Waals surface area contributed by atoms with E-state index < -0.39 is 5.97 Å². The fourth-order valence-electron chi connectivity index (χ4n) is 5.54. The summed E-state index contributed by atoms with van der Waals surface area (Å²) in [6, 6.07) is 11.7. The lowest BCUT2D eigenvalue weighted by Crippen LogP contribution is -2.32. The number of anilines is 3. The molecule has 1 saturated carbocycles. The minimum atomic E-state index is -0.725. The van der Waals surface area contributed by atoms with Crippen LogP contribution in [0.3, 0.4) is 0 Å². The molecule has 210 valence electrons. The lowest BCUT2D eigenvalue weighted by Gasteiger charge is -2.28. The summed E-state index contributed by atoms with van der Waals surface area (Å²) in [6.07, 6.45) is 4.51. The second-order valence-corrected chi connectivity index (χ2v) is 10.4. The van der Waals surface area contributed by atoms with Gasteiger partial charge in [-0.15, -0.1) is 0 Å². The fourth-order valence-corrected chi connectivity index (χ4v) is 5.54. The zero-order valence-corrected chi connectivity index (χ0v) is 22.5. The van der Waals surface area contributed by atoms with Crippen LogP contribution in [0.4, 0.5) is 17.3 Å². The minimum absolute atomic E-state index is 0.00966. The molecule has 1 fully saturated rings. The van der Waals surface area contributed by atoms with E-state index in [-0.39, 0.29) is 54.7 Å². The molecule has 40 heavy (non-hydrogen) atoms. The van der Waals surface area contributed by atoms with Gasteiger partial charge in [-0.2, -0.15) is 9.97 Å². The van der Waals surface area contributed by atoms with Crippen LogP contribution in [-0.4, -0.2) is 51.7 Å². The minimum Gasteiger partial charge on any atom is -0.481 e. The van der Waals surface area contributed by atoms with Gasteiger partial charge in [0, 0.05) is 24.2 Å². The van der Waals surface area contributed by atoms with Crippen LogP contribution in [0.15, 0.2) is 36.4 Å². The van der Waals surface area contributed by atoms with Gasteiger partial charge in [-0.25, -0.2) is 4.98 Å². The van der Waals surface area contributed by atoms with E-state index in [1.54, 1.807) is 11.0 Å². The molecule has 5 rings (SSSR count). The molecule has 1 aliphatic carbocycles. The topological polar surface area (TPSA) is 167 Å². The number of carboxylic acids is 1. The molecule has 0 bridgehead atoms. The molecular formula is C29H34N6O5. The first kappa shape index (κ1) is 27.2. The summed E-state index contributed by atoms with van der Waals surface area (Å²) in [5.41, 5.74) is 15.9. The van der Waals surface area contributed by atoms with Crippen molar-refractivity contribution in [3.8, 4) is 11.9 Å². The zero-order valence-electron chi connectivity index (χ0n) is 22.5. The Labute approximate surface area is 232 Å². The molecule has 5 N–H and O–H groups in total. The van der Waals surface area contributed by atoms with Crippen LogP contribution >= 0.6 is 0 Å². The Morgan fingerprint density at radius 1 is 1.10 bits per heavy atom. The number of carbonyl (C=O) groups excluding carboxylic acids is 1. The summed E-state index contributed by atoms with van der Waals surface area (Å²) in [5.74, 6) is 0.129. The molecule has 0 spiro atoms. The highest BCUT2D eigenvalue weighted by Crippen LogP contribution is 2.38. The SMILES string of the molecule is Cc1cc(N)nc(CCOc2nc(N)c3c(n2)OCCN(c2ccc(C4CCC(CC(=O)O)CC4)cc2)C3=O)c1. The number of carboxylic acid groups (broad SMARTS) is 1. The predicted molar refractivity (Wildman–Crippen MR) is 150 cm³/mol. The number of nitrogen functional groups attached to an aromatic ring is 2. The molecule has 2 aliphatic rings. The first-order valence-electron chi connectivity index (χ1n) is 13.6. The number of fused-ring (bicyclic) bond motifs is 1. The number of nitrogens with zero attached hydrogens (tertiary/aromatic N) is 4. The Balaban J connectivity index is 1.24. The number of nitrogens with two attached hydrogens (primary N) is 2. The number of rotatable bonds is 8. The van der Waals surface area contributed by atoms with Crippen LogP contribution in [0.25, 0.3) is 0 Å². The Bertz CT molecular complexity index is 1370. The molecule has 1 amide bonds. The van der Waals surface area contributed by atoms with Crippen molar-refractivity contribution in [3.63, 3.8) is 0 Å². The Hall–Kier alpha value is -4.41. The number of ether oxygens (including phenoxy) is 2. The van der Waals surface area contributed by atoms with Gasteiger partial charge in [0.15, 0.2) is 0 Å². The van der Waals surface area contributed by atoms with Gasteiger partial charge in [-0.1, -0.05) is 12.1 Å². The van der Waals surface area contributed by atoms with E-state index in [4.69, 9.17) is 26.0 Å². The third-order valence-corrected chi connectivity index (χ3v) is 7.51. The molecule has 0 radical (unpaired) electrons. The summed E-state index contributed by atoms with van der Waals surface area (Å²) < 4.78 is 11.5. The highest BCUT2D eigenvalue weighted by molar-refractivity contribution is 6.10. The van der Waals surface area contributed by atoms with Gasteiger partial charge >= 0.3 is 12.0 Å². The van der Waals surface area contributed by atoms with E-state index in [1.807, 2.05) is 37.3 Å². The van der Waals surface area contributed by atoms with Crippen LogP contribution in [0.2, 0.25) is 0 Å². The van der Waals surface area contributed by atoms with E-state index in [9.17, 15) is 9.59 Å². The number of aliphatic carboxylic acids is 1. The van der Waals surface area contributed by atoms with E-state index in [1.165, 1.54) is 5.56 Å². The standard InChI is InChI=1S/C29H34N6O5/c1-17-14-21(32-23(30)15-17)10-12-40-29-33-26(31)25-27(34-29)39-13-11-35(28(25)38)22-8-6-20(7-9-22)19-4-2-18(3-5-19)16-24(36)37/h6-9,14-15,18-19H,2-5,10-13,16H2,1H3,(H2,30,32)(H,36,37)(H2,31,33,34). The van der Waals surface area contributed by atoms with Crippen LogP contribution in [0.5, 0.6) is 11.9 Å². The number of benzene rings is 1. The van der Waals surface area contributed by atoms with E-state index in [0.29, 0.717) is 24.7 Å². The maximum Gasteiger partial charge on any atom is 0.321 e. The van der Waals surface area contributed by atoms with Crippen molar-refractivity contribution >= 4 is 29.2 Å². The Kier molecular flexibility index (Phi) is 7.99. The maximum atomic E-state index is 13.5. The van der Waals surface area contributed by atoms with Gasteiger partial charge in [0.1, 0.15) is 23.8 Å². The summed E-state index contributed by atoms with van der Waals surface area (Å²) >= 11 is 0. The molecule has 1 aromatic carbocycles. The first-order chi connectivity index (χ1) is 19.3. The number of amides is 1. The molecule has 11 heteroatoms. The Morgan fingerprint density at radius 3 is 2.55 bits per heavy atom. The van der Waals surface area contributed by atoms with Gasteiger partial charge in [0.25, 0.3) is 5.91 Å². The van der Waals surface area contributed by atoms with Gasteiger partial charge in [-0.3, -0.25) is 9.59 Å². The third-order valence-electron chi connectivity index (χ3n) is 7.51. The lowest BCUT2D eigenvalue weighted by molar-refractivity contribution is -0.138. The van der Waals surface area contributed by atoms with E-state index in [2.05, 4.69) is 15.0 Å². The molecular weight excluding hydrogens is 512 g/mol. The largest absolute Gasteiger partial charge is 0.481 e. The molecule has 0 atom stereocenters. The second-order valence-electron chi connectivity index (χ2n) is 10.4. The van der Waals surface area contributed by atoms with Gasteiger partial charge < -0.3 is 30.9 Å². The summed E-state index contributed by atoms with van der Waals surface area (Å²) in [7, 11) is 0. The second kappa shape index (κ2) is 11.8. The van der Waals surface area contributed by atoms with Crippen LogP contribution in [0.1, 0.15) is 65.2 Å². The monoisotopic (exact) mass is 546 g/mol. The number of pyridine rings is 1. The highest BCUT2D eigenvalue weighted by Gasteiger charge is 2.30. The molecule has 3 heterocycles. The van der Waals surface area contributed by atoms with Gasteiger partial charge in [0.05, 0.1) is 13.2 Å². The lowest BCUT2D eigenvalue weighted by atomic mass is 9.77. The van der Waals surface area contributed by atoms with Crippen LogP contribution in [-0.2, 0) is 11.2 Å². The molecule has 3 aromatic rings. The quantitative estimate of drug-likeness (QED) is 0.378. The summed E-state index contributed by atoms with van der Waals surface area (Å²) in [5, 5.41) is 9.06. The average Bonchev–Trinajstić information content (AvgIpc) is 3.07. The highest BCUT2D eigenvalue weighted by atomic mass is 16.5. The number of aromatic nitrogens is 3. The number of aryl methyl sites for hydroxylation is 1. The summed E-state index contributed by atoms with van der Waals surface area (Å²) in [6.45, 7) is 2.75. The van der Waals surface area contributed by atoms with Gasteiger partial charge in [-0.05, 0) is 79.8 Å². The zero-order chi connectivity index (χ0) is 28.2. The third kappa shape index (κ3) is 6.24. The van der Waals surface area contributed by atoms with Crippen molar-refractivity contribution < 1.29 is 24.2 Å². The van der Waals surface area contributed by atoms with Crippen molar-refractivity contribution in [2.45, 2.75) is 51.4 Å². The maximum absolute atomic E-state index is 13.5. The molecule has 0 unspecified atom stereocenters. The normalized spacial score (nSPS) is 18.9. The molecule has 1 aliphatic heterocycles. The van der Waals surface area contributed by atoms with Gasteiger partial charge in [0.2, 0.25) is 5.88 Å². The van der Waals surface area contributed by atoms with Crippen molar-refractivity contribution in [3.05, 3.63) is 58.8 Å². The van der Waals surface area contributed by atoms with Crippen molar-refractivity contribution in [1.29, 1.82) is 0 Å². The van der Waals surface area contributed by atoms with E-state index in [0.717, 1.165) is 42.6 Å². The summed E-state index contributed by atoms with van der Waals surface area (Å²) in [4.78, 5) is 39.0. The molecule has 0 saturated heterocycles. The fraction of sp³-hybridized carbons (Fsp3) is 0.414. The van der Waals surface area contributed by atoms with Crippen molar-refractivity contribution in [2.75, 3.05) is 36.1 Å². The number of hydrogen-bond acceptors (Lipinski definition) is 9. The Morgan fingerprint density at radius 2 is 1.85 bits per heavy atom. The smallest absolute Gasteiger partial charge is 0.321 e. The number of carbonyl (C=O) groups is 2. The first-order valence-corrected chi connectivity index (χ1v) is 13.6.